The van der Waals surface area contributed by atoms with Crippen LogP contribution in [0, 0.1) is 0 Å². The normalized spacial score (nSPS) is 21.6. The average Bonchev–Trinajstić information content (AvgIpc) is 2.72. The molecule has 8 nitrogen and oxygen atoms in total. The number of ether oxygens (including phenoxy) is 3. The molecule has 0 spiro atoms. The first-order chi connectivity index (χ1) is 14.5. The number of amides is 1. The average molecular weight is 442 g/mol. The van der Waals surface area contributed by atoms with E-state index in [-0.39, 0.29) is 32.0 Å². The van der Waals surface area contributed by atoms with Crippen LogP contribution in [0.1, 0.15) is 23.0 Å². The van der Waals surface area contributed by atoms with Gasteiger partial charge in [0.1, 0.15) is 35.3 Å². The van der Waals surface area contributed by atoms with Crippen molar-refractivity contribution < 1.29 is 37.3 Å². The van der Waals surface area contributed by atoms with Crippen LogP contribution in [-0.2, 0) is 15.7 Å². The number of carbonyl (C=O) groups excluding carboxylic acids is 1. The smallest absolute Gasteiger partial charge is 0.431 e. The molecule has 1 amide bonds. The zero-order valence-electron chi connectivity index (χ0n) is 16.5. The number of aromatic amines is 1. The summed E-state index contributed by atoms with van der Waals surface area (Å²) >= 11 is 0. The van der Waals surface area contributed by atoms with Gasteiger partial charge in [-0.3, -0.25) is 9.59 Å². The van der Waals surface area contributed by atoms with Crippen molar-refractivity contribution in [3.8, 4) is 16.9 Å². The number of hydrogen-bond donors (Lipinski definition) is 3. The van der Waals surface area contributed by atoms with E-state index in [0.29, 0.717) is 5.75 Å². The summed E-state index contributed by atoms with van der Waals surface area (Å²) < 4.78 is 56.9. The van der Waals surface area contributed by atoms with E-state index in [4.69, 9.17) is 19.9 Å². The minimum absolute atomic E-state index is 0.100. The maximum atomic E-state index is 13.4. The Bertz CT molecular complexity index is 1010. The highest BCUT2D eigenvalue weighted by Gasteiger charge is 2.36. The van der Waals surface area contributed by atoms with E-state index in [9.17, 15) is 27.9 Å². The lowest BCUT2D eigenvalue weighted by Crippen LogP contribution is -2.49. The molecule has 3 rings (SSSR count). The molecule has 0 unspecified atom stereocenters. The number of halogens is 3. The Morgan fingerprint density at radius 2 is 2.03 bits per heavy atom. The Balaban J connectivity index is 1.80. The molecule has 168 valence electrons. The second kappa shape index (κ2) is 8.69. The van der Waals surface area contributed by atoms with E-state index in [2.05, 4.69) is 0 Å². The Hall–Kier alpha value is -2.89. The van der Waals surface area contributed by atoms with Crippen LogP contribution in [0.4, 0.5) is 13.2 Å². The van der Waals surface area contributed by atoms with Crippen LogP contribution in [0.15, 0.2) is 35.1 Å². The standard InChI is InChI=1S/C20H21F3N2O6/c1-19(9-26)10-29-7-13(31-19)8-30-12-4-2-11(3-5-12)14-6-15(17(24)27)18(28)25-16(14)20(21,22)23/h2-6,13,26H,7-10H2,1H3,(H2,24,27)(H,25,28)/t13-,19-/m0/s1. The number of pyridine rings is 1. The Morgan fingerprint density at radius 1 is 1.35 bits per heavy atom. The molecule has 0 saturated carbocycles. The van der Waals surface area contributed by atoms with Crippen molar-refractivity contribution in [3.63, 3.8) is 0 Å². The number of H-pyrrole nitrogens is 1. The van der Waals surface area contributed by atoms with Gasteiger partial charge in [0.25, 0.3) is 11.5 Å². The summed E-state index contributed by atoms with van der Waals surface area (Å²) in [6, 6.07) is 6.43. The molecular formula is C20H21F3N2O6. The van der Waals surface area contributed by atoms with Crippen LogP contribution in [0.5, 0.6) is 5.75 Å². The molecule has 1 saturated heterocycles. The second-order valence-electron chi connectivity index (χ2n) is 7.36. The number of aliphatic hydroxyl groups is 1. The highest BCUT2D eigenvalue weighted by molar-refractivity contribution is 5.94. The molecule has 0 aliphatic carbocycles. The summed E-state index contributed by atoms with van der Waals surface area (Å²) in [6.45, 7) is 2.12. The summed E-state index contributed by atoms with van der Waals surface area (Å²) in [5, 5.41) is 9.37. The topological polar surface area (TPSA) is 124 Å². The lowest BCUT2D eigenvalue weighted by atomic mass is 10.0. The van der Waals surface area contributed by atoms with Gasteiger partial charge in [-0.05, 0) is 30.7 Å². The van der Waals surface area contributed by atoms with Gasteiger partial charge < -0.3 is 30.0 Å². The van der Waals surface area contributed by atoms with E-state index in [1.165, 1.54) is 24.3 Å². The molecule has 0 radical (unpaired) electrons. The van der Waals surface area contributed by atoms with Gasteiger partial charge in [0, 0.05) is 5.56 Å². The predicted molar refractivity (Wildman–Crippen MR) is 103 cm³/mol. The van der Waals surface area contributed by atoms with E-state index in [1.54, 1.807) is 11.9 Å². The Labute approximate surface area is 174 Å². The molecule has 1 aliphatic rings. The van der Waals surface area contributed by atoms with Crippen LogP contribution in [-0.4, -0.2) is 54.1 Å². The maximum absolute atomic E-state index is 13.4. The summed E-state index contributed by atoms with van der Waals surface area (Å²) in [4.78, 5) is 24.8. The van der Waals surface area contributed by atoms with Crippen molar-refractivity contribution in [2.75, 3.05) is 26.4 Å². The maximum Gasteiger partial charge on any atom is 0.431 e. The van der Waals surface area contributed by atoms with Crippen molar-refractivity contribution in [2.24, 2.45) is 5.73 Å². The Morgan fingerprint density at radius 3 is 2.61 bits per heavy atom. The number of primary amides is 1. The largest absolute Gasteiger partial charge is 0.491 e. The predicted octanol–water partition coefficient (Wildman–Crippen LogP) is 1.70. The number of carbonyl (C=O) groups is 1. The molecule has 4 N–H and O–H groups in total. The van der Waals surface area contributed by atoms with Crippen molar-refractivity contribution in [1.29, 1.82) is 0 Å². The molecule has 2 heterocycles. The summed E-state index contributed by atoms with van der Waals surface area (Å²) in [5.74, 6) is -0.780. The number of nitrogens with one attached hydrogen (secondary N) is 1. The summed E-state index contributed by atoms with van der Waals surface area (Å²) in [6.07, 6.45) is -5.28. The molecule has 11 heteroatoms. The highest BCUT2D eigenvalue weighted by atomic mass is 19.4. The third-order valence-corrected chi connectivity index (χ3v) is 4.69. The molecule has 1 fully saturated rings. The van der Waals surface area contributed by atoms with Crippen LogP contribution in [0.3, 0.4) is 0 Å². The number of alkyl halides is 3. The van der Waals surface area contributed by atoms with Gasteiger partial charge in [0.15, 0.2) is 0 Å². The molecule has 1 aromatic heterocycles. The van der Waals surface area contributed by atoms with Gasteiger partial charge in [0.05, 0.1) is 19.8 Å². The number of hydrogen-bond acceptors (Lipinski definition) is 6. The number of rotatable bonds is 6. The zero-order valence-corrected chi connectivity index (χ0v) is 16.5. The van der Waals surface area contributed by atoms with Crippen LogP contribution in [0.2, 0.25) is 0 Å². The minimum atomic E-state index is -4.85. The fourth-order valence-electron chi connectivity index (χ4n) is 3.13. The van der Waals surface area contributed by atoms with Gasteiger partial charge >= 0.3 is 6.18 Å². The third-order valence-electron chi connectivity index (χ3n) is 4.69. The minimum Gasteiger partial charge on any atom is -0.491 e. The first kappa shape index (κ1) is 22.8. The molecule has 0 bridgehead atoms. The van der Waals surface area contributed by atoms with Crippen molar-refractivity contribution in [3.05, 3.63) is 51.9 Å². The number of benzene rings is 1. The van der Waals surface area contributed by atoms with Crippen LogP contribution < -0.4 is 16.0 Å². The van der Waals surface area contributed by atoms with Crippen LogP contribution >= 0.6 is 0 Å². The van der Waals surface area contributed by atoms with Crippen LogP contribution in [0.25, 0.3) is 11.1 Å². The molecule has 2 aromatic rings. The van der Waals surface area contributed by atoms with E-state index >= 15 is 0 Å². The Kier molecular flexibility index (Phi) is 6.39. The van der Waals surface area contributed by atoms with Gasteiger partial charge in [-0.1, -0.05) is 12.1 Å². The van der Waals surface area contributed by atoms with E-state index in [0.717, 1.165) is 6.07 Å². The lowest BCUT2D eigenvalue weighted by molar-refractivity contribution is -0.210. The van der Waals surface area contributed by atoms with E-state index < -0.39 is 46.2 Å². The SMILES string of the molecule is C[C@]1(CO)COC[C@@H](COc2ccc(-c3cc(C(N)=O)c(=O)[nH]c3C(F)(F)F)cc2)O1. The molecule has 31 heavy (non-hydrogen) atoms. The third kappa shape index (κ3) is 5.24. The van der Waals surface area contributed by atoms with Gasteiger partial charge in [0.2, 0.25) is 0 Å². The van der Waals surface area contributed by atoms with Gasteiger partial charge in [-0.25, -0.2) is 0 Å². The summed E-state index contributed by atoms with van der Waals surface area (Å²) in [7, 11) is 0. The number of aromatic nitrogens is 1. The monoisotopic (exact) mass is 442 g/mol. The van der Waals surface area contributed by atoms with E-state index in [1.807, 2.05) is 0 Å². The molecule has 1 aliphatic heterocycles. The quantitative estimate of drug-likeness (QED) is 0.626. The number of nitrogens with two attached hydrogens (primary N) is 1. The number of aliphatic hydroxyl groups excluding tert-OH is 1. The lowest BCUT2D eigenvalue weighted by Gasteiger charge is -2.37. The molecule has 2 atom stereocenters. The first-order valence-corrected chi connectivity index (χ1v) is 9.26. The van der Waals surface area contributed by atoms with Crippen molar-refractivity contribution in [1.82, 2.24) is 4.98 Å². The first-order valence-electron chi connectivity index (χ1n) is 9.26. The van der Waals surface area contributed by atoms with Crippen molar-refractivity contribution in [2.45, 2.75) is 24.8 Å². The molecule has 1 aromatic carbocycles. The van der Waals surface area contributed by atoms with Gasteiger partial charge in [-0.15, -0.1) is 0 Å². The zero-order chi connectivity index (χ0) is 22.8. The second-order valence-corrected chi connectivity index (χ2v) is 7.36. The highest BCUT2D eigenvalue weighted by Crippen LogP contribution is 2.35. The van der Waals surface area contributed by atoms with Crippen molar-refractivity contribution >= 4 is 5.91 Å². The van der Waals surface area contributed by atoms with Gasteiger partial charge in [-0.2, -0.15) is 13.2 Å². The fourth-order valence-corrected chi connectivity index (χ4v) is 3.13. The fraction of sp³-hybridized carbons (Fsp3) is 0.400. The summed E-state index contributed by atoms with van der Waals surface area (Å²) in [5.41, 5.74) is 0.888. The molecular weight excluding hydrogens is 421 g/mol.